The second-order valence-corrected chi connectivity index (χ2v) is 4.55. The molecule has 0 aromatic heterocycles. The fraction of sp³-hybridized carbons (Fsp3) is 1.00. The summed E-state index contributed by atoms with van der Waals surface area (Å²) in [5, 5.41) is 0. The number of hydrogen-bond acceptors (Lipinski definition) is 2. The van der Waals surface area contributed by atoms with Gasteiger partial charge in [0.15, 0.2) is 0 Å². The summed E-state index contributed by atoms with van der Waals surface area (Å²) in [5.41, 5.74) is 0. The number of nitrogens with zero attached hydrogens (tertiary/aromatic N) is 2. The van der Waals surface area contributed by atoms with E-state index in [0.29, 0.717) is 0 Å². The Labute approximate surface area is 81.9 Å². The molecule has 2 heteroatoms. The van der Waals surface area contributed by atoms with Crippen molar-refractivity contribution < 1.29 is 0 Å². The van der Waals surface area contributed by atoms with Crippen LogP contribution in [0.4, 0.5) is 0 Å². The molecule has 0 saturated carbocycles. The third kappa shape index (κ3) is 1.89. The normalized spacial score (nSPS) is 36.5. The molecule has 2 atom stereocenters. The second kappa shape index (κ2) is 3.97. The van der Waals surface area contributed by atoms with Gasteiger partial charge in [0.1, 0.15) is 0 Å². The van der Waals surface area contributed by atoms with Crippen LogP contribution in [-0.2, 0) is 0 Å². The van der Waals surface area contributed by atoms with E-state index in [1.165, 1.54) is 45.7 Å². The highest BCUT2D eigenvalue weighted by atomic mass is 15.2. The molecule has 2 rings (SSSR count). The van der Waals surface area contributed by atoms with Crippen molar-refractivity contribution >= 4 is 0 Å². The summed E-state index contributed by atoms with van der Waals surface area (Å²) < 4.78 is 0. The van der Waals surface area contributed by atoms with Crippen molar-refractivity contribution in [3.8, 4) is 0 Å². The lowest BCUT2D eigenvalue weighted by Crippen LogP contribution is -2.39. The summed E-state index contributed by atoms with van der Waals surface area (Å²) in [6, 6.07) is 0. The van der Waals surface area contributed by atoms with Gasteiger partial charge in [-0.3, -0.25) is 0 Å². The first-order chi connectivity index (χ1) is 6.33. The van der Waals surface area contributed by atoms with E-state index < -0.39 is 0 Å². The highest BCUT2D eigenvalue weighted by Crippen LogP contribution is 2.30. The number of piperidine rings is 1. The van der Waals surface area contributed by atoms with Gasteiger partial charge in [-0.15, -0.1) is 0 Å². The number of fused-ring (bicyclic) bond motifs is 1. The summed E-state index contributed by atoms with van der Waals surface area (Å²) in [6.45, 7) is 12.5. The van der Waals surface area contributed by atoms with Crippen molar-refractivity contribution in [2.45, 2.75) is 20.3 Å². The Hall–Kier alpha value is -0.0800. The predicted octanol–water partition coefficient (Wildman–Crippen LogP) is 1.28. The maximum atomic E-state index is 2.62. The summed E-state index contributed by atoms with van der Waals surface area (Å²) in [7, 11) is 0. The van der Waals surface area contributed by atoms with Crippen molar-refractivity contribution in [1.29, 1.82) is 0 Å². The average Bonchev–Trinajstić information content (AvgIpc) is 2.58. The van der Waals surface area contributed by atoms with Gasteiger partial charge < -0.3 is 9.80 Å². The maximum absolute atomic E-state index is 2.62. The van der Waals surface area contributed by atoms with Crippen LogP contribution in [0.3, 0.4) is 0 Å². The van der Waals surface area contributed by atoms with Gasteiger partial charge in [-0.2, -0.15) is 0 Å². The molecule has 0 spiro atoms. The van der Waals surface area contributed by atoms with Gasteiger partial charge in [0.05, 0.1) is 0 Å². The Morgan fingerprint density at radius 2 is 1.54 bits per heavy atom. The zero-order valence-electron chi connectivity index (χ0n) is 9.00. The quantitative estimate of drug-likeness (QED) is 0.635. The highest BCUT2D eigenvalue weighted by Gasteiger charge is 2.35. The Morgan fingerprint density at radius 1 is 0.923 bits per heavy atom. The third-order valence-corrected chi connectivity index (χ3v) is 3.86. The molecule has 2 saturated heterocycles. The topological polar surface area (TPSA) is 6.48 Å². The van der Waals surface area contributed by atoms with Gasteiger partial charge >= 0.3 is 0 Å². The Morgan fingerprint density at radius 3 is 2.23 bits per heavy atom. The maximum Gasteiger partial charge on any atom is 0.00250 e. The molecule has 0 aromatic rings. The molecule has 0 bridgehead atoms. The minimum Gasteiger partial charge on any atom is -0.303 e. The molecule has 2 fully saturated rings. The largest absolute Gasteiger partial charge is 0.303 e. The van der Waals surface area contributed by atoms with Crippen LogP contribution in [0.5, 0.6) is 0 Å². The van der Waals surface area contributed by atoms with Gasteiger partial charge in [-0.05, 0) is 37.9 Å². The zero-order valence-corrected chi connectivity index (χ0v) is 9.00. The molecule has 2 unspecified atom stereocenters. The van der Waals surface area contributed by atoms with E-state index in [1.54, 1.807) is 0 Å². The minimum atomic E-state index is 0.980. The molecule has 2 aliphatic rings. The van der Waals surface area contributed by atoms with Gasteiger partial charge in [0.25, 0.3) is 0 Å². The SMILES string of the molecule is CCN1CCC2CN(CC)CC2C1. The first-order valence-electron chi connectivity index (χ1n) is 5.78. The van der Waals surface area contributed by atoms with E-state index in [-0.39, 0.29) is 0 Å². The highest BCUT2D eigenvalue weighted by molar-refractivity contribution is 4.89. The molecule has 0 aromatic carbocycles. The van der Waals surface area contributed by atoms with E-state index >= 15 is 0 Å². The fourth-order valence-corrected chi connectivity index (χ4v) is 2.89. The molecule has 0 amide bonds. The van der Waals surface area contributed by atoms with Gasteiger partial charge in [0, 0.05) is 19.6 Å². The van der Waals surface area contributed by atoms with Crippen LogP contribution in [0.2, 0.25) is 0 Å². The molecule has 13 heavy (non-hydrogen) atoms. The van der Waals surface area contributed by atoms with Gasteiger partial charge in [-0.1, -0.05) is 13.8 Å². The average molecular weight is 182 g/mol. The van der Waals surface area contributed by atoms with Crippen LogP contribution in [-0.4, -0.2) is 49.1 Å². The monoisotopic (exact) mass is 182 g/mol. The van der Waals surface area contributed by atoms with E-state index in [2.05, 4.69) is 23.6 Å². The Balaban J connectivity index is 1.90. The van der Waals surface area contributed by atoms with Crippen molar-refractivity contribution in [1.82, 2.24) is 9.80 Å². The molecule has 2 aliphatic heterocycles. The number of hydrogen-bond donors (Lipinski definition) is 0. The first kappa shape index (κ1) is 9.47. The third-order valence-electron chi connectivity index (χ3n) is 3.86. The predicted molar refractivity (Wildman–Crippen MR) is 55.8 cm³/mol. The summed E-state index contributed by atoms with van der Waals surface area (Å²) >= 11 is 0. The Bertz CT molecular complexity index is 167. The molecule has 2 nitrogen and oxygen atoms in total. The first-order valence-corrected chi connectivity index (χ1v) is 5.78. The van der Waals surface area contributed by atoms with E-state index in [0.717, 1.165) is 11.8 Å². The molecular weight excluding hydrogens is 160 g/mol. The molecule has 0 radical (unpaired) electrons. The van der Waals surface area contributed by atoms with Gasteiger partial charge in [0.2, 0.25) is 0 Å². The summed E-state index contributed by atoms with van der Waals surface area (Å²) in [4.78, 5) is 5.23. The molecule has 2 heterocycles. The van der Waals surface area contributed by atoms with Crippen LogP contribution in [0.15, 0.2) is 0 Å². The summed E-state index contributed by atoms with van der Waals surface area (Å²) in [5.74, 6) is 2.00. The van der Waals surface area contributed by atoms with Crippen LogP contribution in [0.1, 0.15) is 20.3 Å². The fourth-order valence-electron chi connectivity index (χ4n) is 2.89. The lowest BCUT2D eigenvalue weighted by molar-refractivity contribution is 0.155. The van der Waals surface area contributed by atoms with Crippen molar-refractivity contribution in [3.05, 3.63) is 0 Å². The standard InChI is InChI=1S/C11H22N2/c1-3-12-6-5-10-7-13(4-2)9-11(10)8-12/h10-11H,3-9H2,1-2H3. The van der Waals surface area contributed by atoms with Crippen molar-refractivity contribution in [2.75, 3.05) is 39.3 Å². The van der Waals surface area contributed by atoms with Crippen molar-refractivity contribution in [2.24, 2.45) is 11.8 Å². The second-order valence-electron chi connectivity index (χ2n) is 4.55. The minimum absolute atomic E-state index is 0.980. The zero-order chi connectivity index (χ0) is 9.26. The van der Waals surface area contributed by atoms with E-state index in [4.69, 9.17) is 0 Å². The van der Waals surface area contributed by atoms with Gasteiger partial charge in [-0.25, -0.2) is 0 Å². The van der Waals surface area contributed by atoms with Crippen LogP contribution >= 0.6 is 0 Å². The molecule has 0 aliphatic carbocycles. The Kier molecular flexibility index (Phi) is 2.89. The van der Waals surface area contributed by atoms with Crippen molar-refractivity contribution in [3.63, 3.8) is 0 Å². The summed E-state index contributed by atoms with van der Waals surface area (Å²) in [6.07, 6.45) is 1.44. The molecule has 76 valence electrons. The van der Waals surface area contributed by atoms with E-state index in [1.807, 2.05) is 0 Å². The smallest absolute Gasteiger partial charge is 0.00250 e. The van der Waals surface area contributed by atoms with E-state index in [9.17, 15) is 0 Å². The molecular formula is C11H22N2. The molecule has 0 N–H and O–H groups in total. The lowest BCUT2D eigenvalue weighted by atomic mass is 9.89. The lowest BCUT2D eigenvalue weighted by Gasteiger charge is -2.33. The van der Waals surface area contributed by atoms with Crippen LogP contribution in [0, 0.1) is 11.8 Å². The number of rotatable bonds is 2. The van der Waals surface area contributed by atoms with Crippen LogP contribution in [0.25, 0.3) is 0 Å². The number of likely N-dealkylation sites (tertiary alicyclic amines) is 2. The van der Waals surface area contributed by atoms with Crippen LogP contribution < -0.4 is 0 Å².